The smallest absolute Gasteiger partial charge is 0.314 e. The van der Waals surface area contributed by atoms with E-state index in [2.05, 4.69) is 4.98 Å². The summed E-state index contributed by atoms with van der Waals surface area (Å²) in [5.74, 6) is -1.12. The van der Waals surface area contributed by atoms with Gasteiger partial charge in [0.15, 0.2) is 0 Å². The predicted octanol–water partition coefficient (Wildman–Crippen LogP) is 4.66. The van der Waals surface area contributed by atoms with E-state index in [1.54, 1.807) is 18.3 Å². The van der Waals surface area contributed by atoms with Crippen molar-refractivity contribution in [2.24, 2.45) is 0 Å². The van der Waals surface area contributed by atoms with Gasteiger partial charge in [0.2, 0.25) is 0 Å². The molecule has 1 aromatic heterocycles. The number of nitrogens with zero attached hydrogens (tertiary/aromatic N) is 1. The van der Waals surface area contributed by atoms with Gasteiger partial charge in [0.1, 0.15) is 12.4 Å². The van der Waals surface area contributed by atoms with Crippen molar-refractivity contribution in [3.8, 4) is 0 Å². The molecule has 0 aliphatic rings. The van der Waals surface area contributed by atoms with Crippen LogP contribution in [0.15, 0.2) is 60.8 Å². The molecule has 128 valence electrons. The van der Waals surface area contributed by atoms with Crippen LogP contribution in [0.25, 0.3) is 0 Å². The number of aromatic nitrogens is 1. The number of rotatable bonds is 6. The van der Waals surface area contributed by atoms with E-state index in [0.717, 1.165) is 21.0 Å². The molecule has 0 aliphatic heterocycles. The monoisotopic (exact) mass is 355 g/mol. The maximum Gasteiger partial charge on any atom is 0.314 e. The summed E-state index contributed by atoms with van der Waals surface area (Å²) in [4.78, 5) is 17.7. The maximum atomic E-state index is 13.2. The summed E-state index contributed by atoms with van der Waals surface area (Å²) >= 11 is 1.51. The van der Waals surface area contributed by atoms with Crippen LogP contribution < -0.4 is 0 Å². The standard InChI is InChI=1S/C20H18FNO2S/c1-14-22-12-18(25-14)13-24-20(23)19(11-15-5-3-2-4-6-15)16-7-9-17(21)10-8-16/h2-10,12,19H,11,13H2,1H3. The van der Waals surface area contributed by atoms with Crippen LogP contribution in [-0.2, 0) is 22.6 Å². The molecule has 2 aromatic carbocycles. The molecule has 0 amide bonds. The highest BCUT2D eigenvalue weighted by molar-refractivity contribution is 7.11. The van der Waals surface area contributed by atoms with Gasteiger partial charge in [-0.2, -0.15) is 0 Å². The number of ether oxygens (including phenoxy) is 1. The second-order valence-corrected chi connectivity index (χ2v) is 7.07. The molecule has 3 nitrogen and oxygen atoms in total. The summed E-state index contributed by atoms with van der Waals surface area (Å²) in [6.45, 7) is 2.11. The third kappa shape index (κ3) is 4.73. The highest BCUT2D eigenvalue weighted by Crippen LogP contribution is 2.24. The summed E-state index contributed by atoms with van der Waals surface area (Å²) in [7, 11) is 0. The molecule has 0 fully saturated rings. The Morgan fingerprint density at radius 2 is 1.88 bits per heavy atom. The molecule has 3 rings (SSSR count). The molecule has 25 heavy (non-hydrogen) atoms. The van der Waals surface area contributed by atoms with Crippen LogP contribution in [0.1, 0.15) is 26.9 Å². The number of aryl methyl sites for hydroxylation is 1. The summed E-state index contributed by atoms with van der Waals surface area (Å²) in [5.41, 5.74) is 1.78. The van der Waals surface area contributed by atoms with Gasteiger partial charge in [-0.3, -0.25) is 4.79 Å². The number of hydrogen-bond donors (Lipinski definition) is 0. The first-order valence-electron chi connectivity index (χ1n) is 7.99. The molecule has 5 heteroatoms. The zero-order chi connectivity index (χ0) is 17.6. The van der Waals surface area contributed by atoms with E-state index in [-0.39, 0.29) is 18.4 Å². The van der Waals surface area contributed by atoms with Crippen molar-refractivity contribution in [1.82, 2.24) is 4.98 Å². The van der Waals surface area contributed by atoms with Crippen molar-refractivity contribution in [1.29, 1.82) is 0 Å². The van der Waals surface area contributed by atoms with E-state index >= 15 is 0 Å². The lowest BCUT2D eigenvalue weighted by atomic mass is 9.92. The third-order valence-electron chi connectivity index (χ3n) is 3.87. The van der Waals surface area contributed by atoms with Gasteiger partial charge in [0, 0.05) is 6.20 Å². The van der Waals surface area contributed by atoms with Crippen molar-refractivity contribution >= 4 is 17.3 Å². The minimum atomic E-state index is -0.475. The number of hydrogen-bond acceptors (Lipinski definition) is 4. The quantitative estimate of drug-likeness (QED) is 0.604. The Labute approximate surface area is 150 Å². The second-order valence-electron chi connectivity index (χ2n) is 5.75. The third-order valence-corrected chi connectivity index (χ3v) is 4.75. The van der Waals surface area contributed by atoms with E-state index in [0.29, 0.717) is 6.42 Å². The minimum absolute atomic E-state index is 0.205. The SMILES string of the molecule is Cc1ncc(COC(=O)C(Cc2ccccc2)c2ccc(F)cc2)s1. The van der Waals surface area contributed by atoms with Crippen molar-refractivity contribution in [2.45, 2.75) is 25.9 Å². The van der Waals surface area contributed by atoms with Crippen molar-refractivity contribution in [3.05, 3.63) is 87.6 Å². The van der Waals surface area contributed by atoms with Gasteiger partial charge in [0.25, 0.3) is 0 Å². The maximum absolute atomic E-state index is 13.2. The van der Waals surface area contributed by atoms with Crippen LogP contribution in [0.5, 0.6) is 0 Å². The lowest BCUT2D eigenvalue weighted by Gasteiger charge is -2.16. The number of carbonyl (C=O) groups excluding carboxylic acids is 1. The number of benzene rings is 2. The fourth-order valence-electron chi connectivity index (χ4n) is 2.60. The van der Waals surface area contributed by atoms with Crippen LogP contribution in [0, 0.1) is 12.7 Å². The van der Waals surface area contributed by atoms with Crippen molar-refractivity contribution in [3.63, 3.8) is 0 Å². The van der Waals surface area contributed by atoms with E-state index in [9.17, 15) is 9.18 Å². The van der Waals surface area contributed by atoms with Gasteiger partial charge in [-0.25, -0.2) is 9.37 Å². The predicted molar refractivity (Wildman–Crippen MR) is 95.9 cm³/mol. The Bertz CT molecular complexity index is 830. The fourth-order valence-corrected chi connectivity index (χ4v) is 3.31. The van der Waals surface area contributed by atoms with Gasteiger partial charge in [0.05, 0.1) is 15.8 Å². The molecule has 0 spiro atoms. The largest absolute Gasteiger partial charge is 0.459 e. The average Bonchev–Trinajstić information content (AvgIpc) is 3.05. The number of halogens is 1. The highest BCUT2D eigenvalue weighted by Gasteiger charge is 2.23. The van der Waals surface area contributed by atoms with Crippen LogP contribution in [0.3, 0.4) is 0 Å². The number of esters is 1. The van der Waals surface area contributed by atoms with E-state index in [1.165, 1.54) is 23.5 Å². The highest BCUT2D eigenvalue weighted by atomic mass is 32.1. The lowest BCUT2D eigenvalue weighted by Crippen LogP contribution is -2.18. The Morgan fingerprint density at radius 1 is 1.16 bits per heavy atom. The first-order valence-corrected chi connectivity index (χ1v) is 8.81. The minimum Gasteiger partial charge on any atom is -0.459 e. The molecule has 0 saturated carbocycles. The Hall–Kier alpha value is -2.53. The van der Waals surface area contributed by atoms with Crippen LogP contribution >= 0.6 is 11.3 Å². The van der Waals surface area contributed by atoms with E-state index in [1.807, 2.05) is 37.3 Å². The Kier molecular flexibility index (Phi) is 5.56. The van der Waals surface area contributed by atoms with E-state index < -0.39 is 5.92 Å². The molecular formula is C20H18FNO2S. The molecule has 0 saturated heterocycles. The van der Waals surface area contributed by atoms with Gasteiger partial charge in [-0.15, -0.1) is 11.3 Å². The molecule has 1 unspecified atom stereocenters. The van der Waals surface area contributed by atoms with Crippen molar-refractivity contribution < 1.29 is 13.9 Å². The average molecular weight is 355 g/mol. The van der Waals surface area contributed by atoms with E-state index in [4.69, 9.17) is 4.74 Å². The molecular weight excluding hydrogens is 337 g/mol. The molecule has 0 aliphatic carbocycles. The van der Waals surface area contributed by atoms with Crippen molar-refractivity contribution in [2.75, 3.05) is 0 Å². The van der Waals surface area contributed by atoms with Crippen LogP contribution in [0.4, 0.5) is 4.39 Å². The molecule has 0 N–H and O–H groups in total. The van der Waals surface area contributed by atoms with Gasteiger partial charge >= 0.3 is 5.97 Å². The fraction of sp³-hybridized carbons (Fsp3) is 0.200. The molecule has 0 bridgehead atoms. The molecule has 0 radical (unpaired) electrons. The topological polar surface area (TPSA) is 39.2 Å². The second kappa shape index (κ2) is 8.03. The lowest BCUT2D eigenvalue weighted by molar-refractivity contribution is -0.146. The zero-order valence-corrected chi connectivity index (χ0v) is 14.6. The molecule has 1 atom stereocenters. The first-order chi connectivity index (χ1) is 12.1. The Morgan fingerprint density at radius 3 is 2.52 bits per heavy atom. The number of thiazole rings is 1. The summed E-state index contributed by atoms with van der Waals surface area (Å²) in [5, 5.41) is 0.936. The van der Waals surface area contributed by atoms with Gasteiger partial charge in [-0.1, -0.05) is 42.5 Å². The molecule has 3 aromatic rings. The van der Waals surface area contributed by atoms with Gasteiger partial charge in [-0.05, 0) is 36.6 Å². The normalized spacial score (nSPS) is 11.9. The van der Waals surface area contributed by atoms with Gasteiger partial charge < -0.3 is 4.74 Å². The summed E-state index contributed by atoms with van der Waals surface area (Å²) in [6, 6.07) is 15.8. The van der Waals surface area contributed by atoms with Crippen LogP contribution in [-0.4, -0.2) is 11.0 Å². The summed E-state index contributed by atoms with van der Waals surface area (Å²) < 4.78 is 18.7. The first kappa shape index (κ1) is 17.3. The Balaban J connectivity index is 1.77. The number of carbonyl (C=O) groups is 1. The zero-order valence-electron chi connectivity index (χ0n) is 13.8. The summed E-state index contributed by atoms with van der Waals surface area (Å²) in [6.07, 6.45) is 2.23. The molecule has 1 heterocycles. The van der Waals surface area contributed by atoms with Crippen LogP contribution in [0.2, 0.25) is 0 Å².